The van der Waals surface area contributed by atoms with Gasteiger partial charge in [-0.05, 0) is 94.0 Å². The molecule has 2 amide bonds. The molecule has 0 unspecified atom stereocenters. The lowest BCUT2D eigenvalue weighted by Gasteiger charge is -2.59. The van der Waals surface area contributed by atoms with Gasteiger partial charge >= 0.3 is 12.2 Å². The largest absolute Gasteiger partial charge is 0.459 e. The monoisotopic (exact) mass is 787 g/mol. The van der Waals surface area contributed by atoms with Crippen LogP contribution in [0, 0.1) is 17.8 Å². The molecule has 310 valence electrons. The Morgan fingerprint density at radius 1 is 1.04 bits per heavy atom. The van der Waals surface area contributed by atoms with E-state index in [9.17, 15) is 19.8 Å². The Morgan fingerprint density at radius 3 is 2.46 bits per heavy atom. The van der Waals surface area contributed by atoms with E-state index in [-0.39, 0.29) is 50.6 Å². The Labute approximate surface area is 337 Å². The van der Waals surface area contributed by atoms with Crippen molar-refractivity contribution in [3.63, 3.8) is 0 Å². The first-order valence-electron chi connectivity index (χ1n) is 20.2. The number of hydrogen-bond acceptors (Lipinski definition) is 10. The van der Waals surface area contributed by atoms with Crippen LogP contribution in [0.3, 0.4) is 0 Å². The van der Waals surface area contributed by atoms with Gasteiger partial charge in [0.1, 0.15) is 23.1 Å². The molecule has 0 bridgehead atoms. The molecule has 2 aromatic carbocycles. The van der Waals surface area contributed by atoms with Gasteiger partial charge in [-0.2, -0.15) is 0 Å². The van der Waals surface area contributed by atoms with Crippen molar-refractivity contribution in [3.05, 3.63) is 96.6 Å². The average molecular weight is 788 g/mol. The Bertz CT molecular complexity index is 1740. The van der Waals surface area contributed by atoms with E-state index in [1.54, 1.807) is 36.2 Å². The first kappa shape index (κ1) is 43.5. The fourth-order valence-corrected chi connectivity index (χ4v) is 8.36. The van der Waals surface area contributed by atoms with Crippen molar-refractivity contribution >= 4 is 17.9 Å². The summed E-state index contributed by atoms with van der Waals surface area (Å²) in [6.45, 7) is 14.3. The highest BCUT2D eigenvalue weighted by molar-refractivity contribution is 6.03. The third kappa shape index (κ3) is 10.7. The highest BCUT2D eigenvalue weighted by Gasteiger charge is 2.65. The van der Waals surface area contributed by atoms with E-state index in [0.717, 1.165) is 42.4 Å². The van der Waals surface area contributed by atoms with Crippen molar-refractivity contribution in [1.29, 1.82) is 0 Å². The van der Waals surface area contributed by atoms with Gasteiger partial charge < -0.3 is 44.2 Å². The summed E-state index contributed by atoms with van der Waals surface area (Å²) in [7, 11) is 1.69. The number of oxime groups is 1. The highest BCUT2D eigenvalue weighted by Crippen LogP contribution is 2.61. The molecule has 12 nitrogen and oxygen atoms in total. The number of likely N-dealkylation sites (N-methyl/N-ethyl adjacent to an activating group) is 1. The average Bonchev–Trinajstić information content (AvgIpc) is 3.19. The first-order valence-corrected chi connectivity index (χ1v) is 20.2. The Balaban J connectivity index is 1.68. The van der Waals surface area contributed by atoms with Crippen LogP contribution in [-0.4, -0.2) is 83.9 Å². The Kier molecular flexibility index (Phi) is 15.4. The number of hydrogen-bond donors (Lipinski definition) is 3. The molecule has 1 fully saturated rings. The van der Waals surface area contributed by atoms with Gasteiger partial charge in [0.05, 0.1) is 24.8 Å². The number of aliphatic hydroxyl groups excluding tert-OH is 2. The molecule has 6 atom stereocenters. The number of carbonyl (C=O) groups excluding carboxylic acids is 2. The van der Waals surface area contributed by atoms with Crippen LogP contribution in [0.5, 0.6) is 11.5 Å². The minimum absolute atomic E-state index is 0.00823. The second-order valence-corrected chi connectivity index (χ2v) is 16.0. The number of fused-ring (bicyclic) bond motifs is 2. The molecule has 0 saturated heterocycles. The zero-order valence-electron chi connectivity index (χ0n) is 34.0. The molecule has 2 aromatic rings. The fraction of sp³-hybridized carbons (Fsp3) is 0.533. The number of carbonyl (C=O) groups is 2. The highest BCUT2D eigenvalue weighted by atomic mass is 16.7. The Morgan fingerprint density at radius 2 is 1.77 bits per heavy atom. The minimum Gasteiger partial charge on any atom is -0.459 e. The molecule has 3 N–H and O–H groups in total. The third-order valence-electron chi connectivity index (χ3n) is 10.9. The lowest BCUT2D eigenvalue weighted by molar-refractivity contribution is -0.253. The zero-order valence-corrected chi connectivity index (χ0v) is 34.0. The van der Waals surface area contributed by atoms with Gasteiger partial charge in [-0.25, -0.2) is 9.59 Å². The maximum Gasteiger partial charge on any atom is 0.412 e. The molecule has 1 saturated carbocycles. The summed E-state index contributed by atoms with van der Waals surface area (Å²) in [5.41, 5.74) is 2.76. The topological polar surface area (TPSA) is 148 Å². The number of nitrogens with zero attached hydrogens (tertiary/aromatic N) is 2. The van der Waals surface area contributed by atoms with Crippen molar-refractivity contribution in [3.8, 4) is 11.5 Å². The van der Waals surface area contributed by atoms with Crippen molar-refractivity contribution in [2.75, 3.05) is 33.5 Å². The molecular weight excluding hydrogens is 727 g/mol. The second kappa shape index (κ2) is 20.2. The molecule has 57 heavy (non-hydrogen) atoms. The number of rotatable bonds is 19. The van der Waals surface area contributed by atoms with Crippen LogP contribution in [0.15, 0.2) is 90.6 Å². The summed E-state index contributed by atoms with van der Waals surface area (Å²) in [6, 6.07) is 14.3. The maximum atomic E-state index is 13.8. The van der Waals surface area contributed by atoms with Crippen LogP contribution < -0.4 is 14.8 Å². The van der Waals surface area contributed by atoms with Gasteiger partial charge in [-0.3, -0.25) is 0 Å². The molecular formula is C45H61N3O9. The van der Waals surface area contributed by atoms with Gasteiger partial charge in [-0.15, -0.1) is 13.2 Å². The van der Waals surface area contributed by atoms with Crippen molar-refractivity contribution in [2.24, 2.45) is 22.9 Å². The smallest absolute Gasteiger partial charge is 0.412 e. The predicted octanol–water partition coefficient (Wildman–Crippen LogP) is 8.05. The van der Waals surface area contributed by atoms with Crippen LogP contribution in [0.1, 0.15) is 89.2 Å². The molecule has 1 heterocycles. The molecule has 0 spiro atoms. The van der Waals surface area contributed by atoms with E-state index in [0.29, 0.717) is 43.0 Å². The van der Waals surface area contributed by atoms with Gasteiger partial charge in [0, 0.05) is 44.7 Å². The van der Waals surface area contributed by atoms with Gasteiger partial charge in [-0.1, -0.05) is 66.6 Å². The van der Waals surface area contributed by atoms with Crippen LogP contribution in [0.25, 0.3) is 0 Å². The normalized spacial score (nSPS) is 24.2. The van der Waals surface area contributed by atoms with Crippen LogP contribution in [0.4, 0.5) is 9.59 Å². The number of allylic oxidation sites excluding steroid dienone is 1. The van der Waals surface area contributed by atoms with E-state index < -0.39 is 35.5 Å². The molecule has 0 aromatic heterocycles. The van der Waals surface area contributed by atoms with Crippen molar-refractivity contribution in [1.82, 2.24) is 10.2 Å². The first-order chi connectivity index (χ1) is 27.5. The Hall–Kier alpha value is -4.65. The van der Waals surface area contributed by atoms with Crippen LogP contribution in [0.2, 0.25) is 0 Å². The summed E-state index contributed by atoms with van der Waals surface area (Å²) in [6.07, 6.45) is 9.69. The lowest BCUT2D eigenvalue weighted by Crippen LogP contribution is -2.69. The molecule has 1 aliphatic heterocycles. The summed E-state index contributed by atoms with van der Waals surface area (Å²) in [5.74, 6) is -1.26. The van der Waals surface area contributed by atoms with E-state index in [4.69, 9.17) is 28.9 Å². The number of ether oxygens (including phenoxy) is 4. The minimum atomic E-state index is -1.43. The zero-order chi connectivity index (χ0) is 41.0. The summed E-state index contributed by atoms with van der Waals surface area (Å²) < 4.78 is 25.6. The summed E-state index contributed by atoms with van der Waals surface area (Å²) in [5, 5.41) is 27.3. The SMILES string of the molecule is C=CCCOC(=O)N(C)[C@H]1CC(=NOC(C)(C)C)C2=C[C@H](CCCCO)[C@@H](CCCCO)[C@@H]3c4cc(OC(=O)NCc5ccccc5)ccc4O[C@@]1(OCC=C)[C@H]23. The number of amides is 2. The molecule has 2 aliphatic carbocycles. The van der Waals surface area contributed by atoms with Crippen molar-refractivity contribution < 1.29 is 43.6 Å². The number of benzene rings is 2. The van der Waals surface area contributed by atoms with Gasteiger partial charge in [0.25, 0.3) is 0 Å². The van der Waals surface area contributed by atoms with Gasteiger partial charge in [0.15, 0.2) is 0 Å². The van der Waals surface area contributed by atoms with Crippen LogP contribution in [-0.2, 0) is 20.9 Å². The lowest BCUT2D eigenvalue weighted by atomic mass is 9.55. The fourth-order valence-electron chi connectivity index (χ4n) is 8.36. The number of aliphatic hydroxyl groups is 2. The number of nitrogens with one attached hydrogen (secondary N) is 1. The van der Waals surface area contributed by atoms with E-state index in [2.05, 4.69) is 24.6 Å². The van der Waals surface area contributed by atoms with E-state index >= 15 is 0 Å². The van der Waals surface area contributed by atoms with Crippen LogP contribution >= 0.6 is 0 Å². The molecule has 0 radical (unpaired) electrons. The standard InChI is InChI=1S/C45H61N3O9/c1-7-9-26-53-43(52)48(6)39-29-37(47-57-44(3,4)5)35-27-32(19-13-15-23-49)34(20-14-16-24-50)40-36-28-33(55-42(51)46-30-31-17-11-10-12-18-31)21-22-38(36)56-45(39,41(35)40)54-25-8-2/h7-8,10-12,17-18,21-22,27-28,32,34,39-41,49-50H,1-2,9,13-16,19-20,23-26,29-30H2,3-6H3,(H,46,51)/t32-,34+,39-,40+,41+,45+/m0/s1. The molecule has 3 aliphatic rings. The molecule has 12 heteroatoms. The maximum absolute atomic E-state index is 13.8. The van der Waals surface area contributed by atoms with Gasteiger partial charge in [0.2, 0.25) is 5.79 Å². The molecule has 5 rings (SSSR count). The third-order valence-corrected chi connectivity index (χ3v) is 10.9. The number of unbranched alkanes of at least 4 members (excludes halogenated alkanes) is 2. The summed E-state index contributed by atoms with van der Waals surface area (Å²) in [4.78, 5) is 34.6. The predicted molar refractivity (Wildman–Crippen MR) is 219 cm³/mol. The quantitative estimate of drug-likeness (QED) is 0.0731. The van der Waals surface area contributed by atoms with E-state index in [1.165, 1.54) is 0 Å². The van der Waals surface area contributed by atoms with E-state index in [1.807, 2.05) is 57.2 Å². The van der Waals surface area contributed by atoms with Crippen molar-refractivity contribution in [2.45, 2.75) is 102 Å². The second-order valence-electron chi connectivity index (χ2n) is 16.0. The summed E-state index contributed by atoms with van der Waals surface area (Å²) >= 11 is 0.